The van der Waals surface area contributed by atoms with Gasteiger partial charge in [0.15, 0.2) is 28.6 Å². The number of nitrogens with zero attached hydrogens (tertiary/aromatic N) is 1. The van der Waals surface area contributed by atoms with Gasteiger partial charge in [-0.25, -0.2) is 9.78 Å². The maximum Gasteiger partial charge on any atom is 0.552 e. The van der Waals surface area contributed by atoms with Crippen molar-refractivity contribution in [3.63, 3.8) is 0 Å². The van der Waals surface area contributed by atoms with Crippen LogP contribution in [0.4, 0.5) is 0 Å². The summed E-state index contributed by atoms with van der Waals surface area (Å²) in [5.41, 5.74) is -0.627. The summed E-state index contributed by atoms with van der Waals surface area (Å²) in [7, 11) is -0.119. The first kappa shape index (κ1) is 33.9. The van der Waals surface area contributed by atoms with E-state index in [1.165, 1.54) is 43.0 Å². The van der Waals surface area contributed by atoms with Crippen LogP contribution in [0.5, 0.6) is 0 Å². The van der Waals surface area contributed by atoms with Gasteiger partial charge in [-0.05, 0) is 31.4 Å². The van der Waals surface area contributed by atoms with Gasteiger partial charge in [-0.1, -0.05) is 50.2 Å². The fourth-order valence-corrected chi connectivity index (χ4v) is 4.94. The number of nitrogens with one attached hydrogen (secondary N) is 3. The van der Waals surface area contributed by atoms with E-state index in [1.54, 1.807) is 12.1 Å². The summed E-state index contributed by atoms with van der Waals surface area (Å²) in [6, 6.07) is 12.7. The van der Waals surface area contributed by atoms with Gasteiger partial charge in [0.2, 0.25) is 11.8 Å². The van der Waals surface area contributed by atoms with Gasteiger partial charge in [0.1, 0.15) is 11.7 Å². The van der Waals surface area contributed by atoms with E-state index in [0.717, 1.165) is 5.56 Å². The van der Waals surface area contributed by atoms with Crippen LogP contribution < -0.4 is 16.0 Å². The van der Waals surface area contributed by atoms with Gasteiger partial charge < -0.3 is 33.4 Å². The van der Waals surface area contributed by atoms with Crippen molar-refractivity contribution >= 4 is 59.8 Å². The summed E-state index contributed by atoms with van der Waals surface area (Å²) >= 11 is 1.34. The molecule has 0 aliphatic carbocycles. The van der Waals surface area contributed by atoms with Gasteiger partial charge in [0.05, 0.1) is 30.6 Å². The lowest BCUT2D eigenvalue weighted by Gasteiger charge is -2.39. The first-order valence-corrected chi connectivity index (χ1v) is 14.5. The van der Waals surface area contributed by atoms with Crippen LogP contribution in [0, 0.1) is 5.92 Å². The van der Waals surface area contributed by atoms with Crippen molar-refractivity contribution in [2.24, 2.45) is 5.92 Å². The molecule has 0 unspecified atom stereocenters. The molecule has 43 heavy (non-hydrogen) atoms. The maximum absolute atomic E-state index is 13.5. The molecule has 1 aliphatic rings. The van der Waals surface area contributed by atoms with Gasteiger partial charge >= 0.3 is 13.1 Å². The van der Waals surface area contributed by atoms with Crippen LogP contribution in [0.15, 0.2) is 48.5 Å². The fraction of sp³-hybridized carbons (Fsp3) is 0.429. The molecule has 1 aliphatic heterocycles. The monoisotopic (exact) mass is 708 g/mol. The third kappa shape index (κ3) is 8.97. The van der Waals surface area contributed by atoms with Crippen LogP contribution in [0.2, 0.25) is 0 Å². The van der Waals surface area contributed by atoms with E-state index in [4.69, 9.17) is 12.4 Å². The summed E-state index contributed by atoms with van der Waals surface area (Å²) in [5.74, 6) is -4.98. The standard InChI is InChI=1S/C28H34BIN4O9/c1-16(2)13-21(29-41-23(37)15-28(43-29,27(40)42-30)14-22(36)31-4)33-26(39)24(17(3)35)34-25(38)20-12-8-11-19(32-20)18-9-6-5-7-10-18/h5-12,16-17,21,24,35H,13-15H2,1-4H3,(H,31,36)(H,33,39)(H,34,38)/t17-,21+,24+,28+/m1/s1. The summed E-state index contributed by atoms with van der Waals surface area (Å²) in [5, 5.41) is 18.0. The Labute approximate surface area is 263 Å². The summed E-state index contributed by atoms with van der Waals surface area (Å²) in [6.45, 7) is 5.03. The number of halogens is 1. The van der Waals surface area contributed by atoms with Crippen molar-refractivity contribution in [3.8, 4) is 11.3 Å². The number of amides is 3. The molecule has 13 nitrogen and oxygen atoms in total. The molecule has 0 radical (unpaired) electrons. The second-order valence-electron chi connectivity index (χ2n) is 10.6. The molecule has 230 valence electrons. The average Bonchev–Trinajstić information content (AvgIpc) is 2.98. The van der Waals surface area contributed by atoms with E-state index in [0.29, 0.717) is 5.69 Å². The summed E-state index contributed by atoms with van der Waals surface area (Å²) < 4.78 is 16.1. The van der Waals surface area contributed by atoms with Gasteiger partial charge in [-0.2, -0.15) is 0 Å². The Morgan fingerprint density at radius 1 is 1.09 bits per heavy atom. The van der Waals surface area contributed by atoms with Gasteiger partial charge in [-0.3, -0.25) is 19.2 Å². The van der Waals surface area contributed by atoms with E-state index in [-0.39, 0.29) is 18.0 Å². The molecule has 2 heterocycles. The molecule has 2 aromatic rings. The molecule has 0 bridgehead atoms. The number of rotatable bonds is 12. The van der Waals surface area contributed by atoms with Crippen molar-refractivity contribution in [1.29, 1.82) is 0 Å². The number of aromatic nitrogens is 1. The average molecular weight is 708 g/mol. The third-order valence-electron chi connectivity index (χ3n) is 6.67. The number of carbonyl (C=O) groups is 5. The molecule has 1 aromatic carbocycles. The Hall–Kier alpha value is -3.57. The Balaban J connectivity index is 1.83. The highest BCUT2D eigenvalue weighted by Crippen LogP contribution is 2.31. The zero-order valence-electron chi connectivity index (χ0n) is 24.2. The number of hydrogen-bond donors (Lipinski definition) is 4. The van der Waals surface area contributed by atoms with E-state index in [1.807, 2.05) is 44.2 Å². The second-order valence-corrected chi connectivity index (χ2v) is 11.0. The predicted molar refractivity (Wildman–Crippen MR) is 163 cm³/mol. The van der Waals surface area contributed by atoms with Gasteiger partial charge in [-0.15, -0.1) is 0 Å². The van der Waals surface area contributed by atoms with Crippen LogP contribution in [0.3, 0.4) is 0 Å². The van der Waals surface area contributed by atoms with Crippen LogP contribution in [0.1, 0.15) is 50.5 Å². The number of carbonyl (C=O) groups excluding carboxylic acids is 5. The predicted octanol–water partition coefficient (Wildman–Crippen LogP) is 1.52. The second kappa shape index (κ2) is 15.2. The topological polar surface area (TPSA) is 182 Å². The number of hydrogen-bond acceptors (Lipinski definition) is 10. The SMILES string of the molecule is CNC(=O)C[C@@]1(C(=O)OI)CC(=O)OB([C@H](CC(C)C)NC(=O)[C@@H](NC(=O)c2cccc(-c3ccccc3)n2)[C@@H](C)O)O1. The third-order valence-corrected chi connectivity index (χ3v) is 7.07. The Morgan fingerprint density at radius 2 is 1.79 bits per heavy atom. The molecule has 3 rings (SSSR count). The first-order chi connectivity index (χ1) is 20.4. The Kier molecular flexibility index (Phi) is 12.0. The number of pyridine rings is 1. The lowest BCUT2D eigenvalue weighted by molar-refractivity contribution is -0.168. The highest BCUT2D eigenvalue weighted by Gasteiger charge is 2.55. The largest absolute Gasteiger partial charge is 0.552 e. The minimum atomic E-state index is -1.99. The molecule has 4 atom stereocenters. The van der Waals surface area contributed by atoms with Crippen LogP contribution >= 0.6 is 23.0 Å². The molecule has 15 heteroatoms. The molecular weight excluding hydrogens is 674 g/mol. The van der Waals surface area contributed by atoms with E-state index >= 15 is 0 Å². The van der Waals surface area contributed by atoms with Crippen LogP contribution in [-0.4, -0.2) is 77.6 Å². The zero-order chi connectivity index (χ0) is 31.7. The van der Waals surface area contributed by atoms with E-state index in [2.05, 4.69) is 20.9 Å². The molecule has 0 saturated carbocycles. The Morgan fingerprint density at radius 3 is 2.40 bits per heavy atom. The first-order valence-electron chi connectivity index (χ1n) is 13.6. The molecule has 3 amide bonds. The highest BCUT2D eigenvalue weighted by atomic mass is 127. The lowest BCUT2D eigenvalue weighted by Crippen LogP contribution is -2.63. The molecular formula is C28H34BIN4O9. The van der Waals surface area contributed by atoms with E-state index in [9.17, 15) is 29.1 Å². The zero-order valence-corrected chi connectivity index (χ0v) is 26.3. The quantitative estimate of drug-likeness (QED) is 0.187. The molecule has 1 fully saturated rings. The van der Waals surface area contributed by atoms with Crippen LogP contribution in [0.25, 0.3) is 11.3 Å². The lowest BCUT2D eigenvalue weighted by atomic mass is 9.70. The van der Waals surface area contributed by atoms with Crippen molar-refractivity contribution in [1.82, 2.24) is 20.9 Å². The number of aliphatic hydroxyl groups is 1. The summed E-state index contributed by atoms with van der Waals surface area (Å²) in [6.07, 6.45) is -2.24. The highest BCUT2D eigenvalue weighted by molar-refractivity contribution is 14.1. The Bertz CT molecular complexity index is 1330. The fourth-order valence-electron chi connectivity index (χ4n) is 4.54. The maximum atomic E-state index is 13.5. The van der Waals surface area contributed by atoms with Crippen LogP contribution in [-0.2, 0) is 31.6 Å². The molecule has 1 saturated heterocycles. The molecule has 0 spiro atoms. The molecule has 4 N–H and O–H groups in total. The minimum absolute atomic E-state index is 0.0272. The normalized spacial score (nSPS) is 18.6. The summed E-state index contributed by atoms with van der Waals surface area (Å²) in [4.78, 5) is 68.6. The number of benzene rings is 1. The smallest absolute Gasteiger partial charge is 0.508 e. The van der Waals surface area contributed by atoms with Crippen molar-refractivity contribution < 1.29 is 41.5 Å². The van der Waals surface area contributed by atoms with Gasteiger partial charge in [0, 0.05) is 12.6 Å². The number of aliphatic hydroxyl groups excluding tert-OH is 1. The molecule has 1 aromatic heterocycles. The minimum Gasteiger partial charge on any atom is -0.508 e. The van der Waals surface area contributed by atoms with Crippen molar-refractivity contribution in [2.75, 3.05) is 7.05 Å². The van der Waals surface area contributed by atoms with Crippen molar-refractivity contribution in [2.45, 2.75) is 63.7 Å². The van der Waals surface area contributed by atoms with Gasteiger partial charge in [0.25, 0.3) is 11.9 Å². The van der Waals surface area contributed by atoms with Crippen molar-refractivity contribution in [3.05, 3.63) is 54.2 Å². The van der Waals surface area contributed by atoms with E-state index < -0.39 is 73.3 Å².